The van der Waals surface area contributed by atoms with Crippen molar-refractivity contribution in [3.05, 3.63) is 29.0 Å². The molecule has 0 aromatic carbocycles. The van der Waals surface area contributed by atoms with Crippen molar-refractivity contribution in [1.82, 2.24) is 20.1 Å². The summed E-state index contributed by atoms with van der Waals surface area (Å²) in [6, 6.07) is 3.70. The molecule has 3 rings (SSSR count). The standard InChI is InChI=1S/C10H9ClN4S.C8H13N3O3S.CH4N2S/c11-9-2-1-8(5-13-9)6-15-3-4-16-10(15)14-7-12;1-8(2)5(12)11(4)6(15-8)10-14-7(13)9-3;2-1(3)4/h1-2,5H,3-4,6H2;1-4H3,(H,9,13);(H4,2,3,4)/b;10-6-;. The van der Waals surface area contributed by atoms with E-state index in [1.165, 1.54) is 23.7 Å². The summed E-state index contributed by atoms with van der Waals surface area (Å²) in [5.41, 5.74) is 10.3. The molecule has 1 aromatic heterocycles. The number of aromatic nitrogens is 1. The number of oxime groups is 1. The van der Waals surface area contributed by atoms with E-state index in [0.717, 1.165) is 29.6 Å². The molecule has 2 amide bonds. The molecular weight excluding hydrogens is 534 g/mol. The Morgan fingerprint density at radius 3 is 2.57 bits per heavy atom. The highest BCUT2D eigenvalue weighted by Crippen LogP contribution is 2.35. The van der Waals surface area contributed by atoms with Crippen molar-refractivity contribution in [3.8, 4) is 6.19 Å². The first-order valence-corrected chi connectivity index (χ1v) is 12.4. The Bertz CT molecular complexity index is 1010. The van der Waals surface area contributed by atoms with Crippen LogP contribution in [0.4, 0.5) is 4.79 Å². The van der Waals surface area contributed by atoms with Crippen molar-refractivity contribution in [2.24, 2.45) is 21.6 Å². The monoisotopic (exact) mass is 559 g/mol. The summed E-state index contributed by atoms with van der Waals surface area (Å²) in [5, 5.41) is 16.1. The highest BCUT2D eigenvalue weighted by Gasteiger charge is 2.43. The molecule has 35 heavy (non-hydrogen) atoms. The molecule has 0 radical (unpaired) electrons. The summed E-state index contributed by atoms with van der Waals surface area (Å²) in [5.74, 6) is 0.911. The van der Waals surface area contributed by atoms with E-state index < -0.39 is 10.8 Å². The first kappa shape index (κ1) is 30.2. The number of pyridine rings is 1. The minimum absolute atomic E-state index is 0.000000000000000222. The van der Waals surface area contributed by atoms with Gasteiger partial charge in [0, 0.05) is 39.1 Å². The normalized spacial score (nSPS) is 18.2. The van der Waals surface area contributed by atoms with E-state index >= 15 is 0 Å². The third kappa shape index (κ3) is 10.6. The van der Waals surface area contributed by atoms with Crippen LogP contribution in [0.3, 0.4) is 0 Å². The minimum Gasteiger partial charge on any atom is -0.377 e. The van der Waals surface area contributed by atoms with Gasteiger partial charge in [-0.15, -0.1) is 4.99 Å². The van der Waals surface area contributed by atoms with Crippen LogP contribution in [-0.2, 0) is 16.2 Å². The molecule has 2 fully saturated rings. The number of hydrogen-bond acceptors (Lipinski definition) is 10. The van der Waals surface area contributed by atoms with Gasteiger partial charge in [0.05, 0.1) is 4.75 Å². The number of nitrogens with one attached hydrogen (secondary N) is 1. The van der Waals surface area contributed by atoms with E-state index in [1.807, 2.05) is 12.3 Å². The Morgan fingerprint density at radius 1 is 1.43 bits per heavy atom. The predicted octanol–water partition coefficient (Wildman–Crippen LogP) is 1.91. The van der Waals surface area contributed by atoms with E-state index in [0.29, 0.717) is 10.3 Å². The Hall–Kier alpha value is -2.80. The van der Waals surface area contributed by atoms with Crippen molar-refractivity contribution in [3.63, 3.8) is 0 Å². The van der Waals surface area contributed by atoms with Gasteiger partial charge in [-0.25, -0.2) is 9.78 Å². The number of thiocarbonyl (C=S) groups is 1. The first-order valence-electron chi connectivity index (χ1n) is 9.85. The molecule has 3 heterocycles. The van der Waals surface area contributed by atoms with E-state index in [4.69, 9.17) is 16.9 Å². The van der Waals surface area contributed by atoms with Crippen molar-refractivity contribution >= 4 is 74.8 Å². The molecule has 2 aliphatic rings. The van der Waals surface area contributed by atoms with Crippen molar-refractivity contribution in [1.29, 1.82) is 5.26 Å². The van der Waals surface area contributed by atoms with Gasteiger partial charge in [0.1, 0.15) is 5.15 Å². The number of thioether (sulfide) groups is 2. The Morgan fingerprint density at radius 2 is 2.09 bits per heavy atom. The van der Waals surface area contributed by atoms with Crippen LogP contribution >= 0.6 is 47.3 Å². The maximum absolute atomic E-state index is 11.6. The largest absolute Gasteiger partial charge is 0.433 e. The van der Waals surface area contributed by atoms with Crippen molar-refractivity contribution in [2.75, 3.05) is 26.4 Å². The summed E-state index contributed by atoms with van der Waals surface area (Å²) >= 11 is 12.7. The second-order valence-electron chi connectivity index (χ2n) is 7.14. The zero-order valence-electron chi connectivity index (χ0n) is 19.5. The number of hydrogen-bond donors (Lipinski definition) is 3. The van der Waals surface area contributed by atoms with Crippen LogP contribution in [0.25, 0.3) is 0 Å². The van der Waals surface area contributed by atoms with Crippen LogP contribution in [0.15, 0.2) is 28.5 Å². The first-order chi connectivity index (χ1) is 16.4. The quantitative estimate of drug-likeness (QED) is 0.162. The van der Waals surface area contributed by atoms with Crippen LogP contribution in [0.5, 0.6) is 0 Å². The van der Waals surface area contributed by atoms with Crippen LogP contribution in [-0.4, -0.2) is 73.4 Å². The summed E-state index contributed by atoms with van der Waals surface area (Å²) < 4.78 is -0.556. The summed E-state index contributed by atoms with van der Waals surface area (Å²) in [6.45, 7) is 5.21. The minimum atomic E-state index is -0.659. The summed E-state index contributed by atoms with van der Waals surface area (Å²) in [4.78, 5) is 38.1. The zero-order chi connectivity index (χ0) is 26.6. The molecule has 0 unspecified atom stereocenters. The summed E-state index contributed by atoms with van der Waals surface area (Å²) in [6.07, 6.45) is 2.91. The number of nitrogens with two attached hydrogens (primary N) is 2. The van der Waals surface area contributed by atoms with Crippen LogP contribution in [0.2, 0.25) is 5.15 Å². The third-order valence-corrected chi connectivity index (χ3v) is 6.47. The van der Waals surface area contributed by atoms with Gasteiger partial charge < -0.3 is 21.7 Å². The van der Waals surface area contributed by atoms with Crippen LogP contribution < -0.4 is 16.8 Å². The lowest BCUT2D eigenvalue weighted by Gasteiger charge is -2.16. The number of amides is 2. The number of halogens is 1. The number of aliphatic imine (C=N–C) groups is 1. The molecule has 190 valence electrons. The van der Waals surface area contributed by atoms with E-state index in [2.05, 4.69) is 53.9 Å². The second kappa shape index (κ2) is 14.6. The number of carbonyl (C=O) groups is 2. The molecule has 12 nitrogen and oxygen atoms in total. The molecule has 0 spiro atoms. The molecule has 2 aliphatic heterocycles. The number of rotatable bonds is 3. The Kier molecular flexibility index (Phi) is 12.6. The number of nitrogens with zero attached hydrogens (tertiary/aromatic N) is 6. The lowest BCUT2D eigenvalue weighted by molar-refractivity contribution is -0.127. The van der Waals surface area contributed by atoms with Gasteiger partial charge in [-0.1, -0.05) is 41.2 Å². The van der Waals surface area contributed by atoms with E-state index in [9.17, 15) is 9.59 Å². The summed E-state index contributed by atoms with van der Waals surface area (Å²) in [7, 11) is 3.03. The van der Waals surface area contributed by atoms with Crippen molar-refractivity contribution < 1.29 is 14.4 Å². The van der Waals surface area contributed by atoms with Gasteiger partial charge >= 0.3 is 6.09 Å². The molecule has 0 atom stereocenters. The average molecular weight is 560 g/mol. The van der Waals surface area contributed by atoms with Crippen LogP contribution in [0, 0.1) is 11.5 Å². The lowest BCUT2D eigenvalue weighted by Crippen LogP contribution is -2.33. The average Bonchev–Trinajstić information content (AvgIpc) is 3.31. The Labute approximate surface area is 222 Å². The third-order valence-electron chi connectivity index (χ3n) is 4.03. The number of amidine groups is 2. The van der Waals surface area contributed by atoms with Gasteiger partial charge in [0.2, 0.25) is 17.3 Å². The second-order valence-corrected chi connectivity index (χ2v) is 10.6. The molecule has 5 N–H and O–H groups in total. The maximum Gasteiger partial charge on any atom is 0.433 e. The molecule has 16 heteroatoms. The van der Waals surface area contributed by atoms with Gasteiger partial charge in [0.25, 0.3) is 0 Å². The smallest absolute Gasteiger partial charge is 0.377 e. The molecule has 0 aliphatic carbocycles. The maximum atomic E-state index is 11.6. The highest BCUT2D eigenvalue weighted by atomic mass is 35.5. The molecule has 0 saturated carbocycles. The van der Waals surface area contributed by atoms with Crippen molar-refractivity contribution in [2.45, 2.75) is 25.1 Å². The fourth-order valence-electron chi connectivity index (χ4n) is 2.48. The van der Waals surface area contributed by atoms with E-state index in [1.54, 1.807) is 44.9 Å². The highest BCUT2D eigenvalue weighted by molar-refractivity contribution is 8.16. The molecule has 0 bridgehead atoms. The van der Waals surface area contributed by atoms with Gasteiger partial charge in [-0.2, -0.15) is 5.26 Å². The van der Waals surface area contributed by atoms with Gasteiger partial charge in [0.15, 0.2) is 10.3 Å². The zero-order valence-corrected chi connectivity index (χ0v) is 22.7. The molecule has 2 saturated heterocycles. The topological polar surface area (TPSA) is 175 Å². The molecule has 1 aromatic rings. The predicted molar refractivity (Wildman–Crippen MR) is 144 cm³/mol. The Balaban J connectivity index is 0.000000305. The fourth-order valence-corrected chi connectivity index (χ4v) is 4.51. The number of nitriles is 1. The molecular formula is C19H26ClN9O3S3. The lowest BCUT2D eigenvalue weighted by atomic mass is 10.2. The van der Waals surface area contributed by atoms with Gasteiger partial charge in [-0.3, -0.25) is 14.5 Å². The fraction of sp³-hybridized carbons (Fsp3) is 0.421. The van der Waals surface area contributed by atoms with Gasteiger partial charge in [-0.05, 0) is 42.9 Å². The van der Waals surface area contributed by atoms with Crippen LogP contribution in [0.1, 0.15) is 19.4 Å². The number of carbonyl (C=O) groups excluding carboxylic acids is 2. The van der Waals surface area contributed by atoms with E-state index in [-0.39, 0.29) is 11.0 Å². The SMILES string of the molecule is CNC(=O)O/N=C1\SC(C)(C)C(=O)N1C.N#CN=C1SCCN1Cc1ccc(Cl)nc1.NC(N)=S.